The van der Waals surface area contributed by atoms with Crippen LogP contribution in [-0.4, -0.2) is 67.9 Å². The minimum atomic E-state index is -4.70. The second kappa shape index (κ2) is 8.39. The molecule has 6 nitrogen and oxygen atoms in total. The van der Waals surface area contributed by atoms with E-state index in [9.17, 15) is 13.2 Å². The first kappa shape index (κ1) is 19.3. The van der Waals surface area contributed by atoms with E-state index in [2.05, 4.69) is 38.8 Å². The van der Waals surface area contributed by atoms with Gasteiger partial charge in [0.05, 0.1) is 6.54 Å². The number of nitrogens with two attached hydrogens (primary N) is 1. The number of ether oxygens (including phenoxy) is 1. The van der Waals surface area contributed by atoms with Crippen molar-refractivity contribution in [1.82, 2.24) is 9.80 Å². The van der Waals surface area contributed by atoms with Gasteiger partial charge in [-0.05, 0) is 38.2 Å². The Morgan fingerprint density at radius 3 is 2.40 bits per heavy atom. The molecule has 1 atom stereocenters. The highest BCUT2D eigenvalue weighted by molar-refractivity contribution is 5.92. The molecule has 1 aromatic rings. The van der Waals surface area contributed by atoms with Crippen molar-refractivity contribution < 1.29 is 17.9 Å². The molecule has 0 saturated carbocycles. The number of rotatable bonds is 5. The molecule has 0 spiro atoms. The van der Waals surface area contributed by atoms with Crippen LogP contribution in [-0.2, 0) is 0 Å². The van der Waals surface area contributed by atoms with Crippen LogP contribution < -0.4 is 15.8 Å². The average Bonchev–Trinajstić information content (AvgIpc) is 2.54. The third kappa shape index (κ3) is 6.79. The smallest absolute Gasteiger partial charge is 0.406 e. The molecule has 1 fully saturated rings. The predicted octanol–water partition coefficient (Wildman–Crippen LogP) is 1.95. The third-order valence-corrected chi connectivity index (χ3v) is 4.05. The summed E-state index contributed by atoms with van der Waals surface area (Å²) in [5, 5.41) is 2.86. The van der Waals surface area contributed by atoms with E-state index in [0.717, 1.165) is 26.2 Å². The Balaban J connectivity index is 1.82. The first-order valence-electron chi connectivity index (χ1n) is 8.08. The largest absolute Gasteiger partial charge is 0.573 e. The number of hydrogen-bond acceptors (Lipinski definition) is 4. The Morgan fingerprint density at radius 1 is 1.24 bits per heavy atom. The van der Waals surface area contributed by atoms with E-state index in [4.69, 9.17) is 5.73 Å². The highest BCUT2D eigenvalue weighted by atomic mass is 19.4. The van der Waals surface area contributed by atoms with Gasteiger partial charge in [-0.2, -0.15) is 0 Å². The van der Waals surface area contributed by atoms with E-state index < -0.39 is 6.36 Å². The van der Waals surface area contributed by atoms with E-state index in [1.165, 1.54) is 24.3 Å². The zero-order chi connectivity index (χ0) is 18.4. The van der Waals surface area contributed by atoms with Crippen molar-refractivity contribution in [3.05, 3.63) is 24.3 Å². The van der Waals surface area contributed by atoms with Gasteiger partial charge >= 0.3 is 6.36 Å². The van der Waals surface area contributed by atoms with Crippen molar-refractivity contribution in [2.75, 3.05) is 45.1 Å². The first-order valence-corrected chi connectivity index (χ1v) is 8.08. The fourth-order valence-electron chi connectivity index (χ4n) is 2.54. The van der Waals surface area contributed by atoms with Crippen LogP contribution in [0, 0.1) is 0 Å². The number of nitrogens with one attached hydrogen (secondary N) is 1. The maximum absolute atomic E-state index is 12.1. The molecule has 140 valence electrons. The number of aliphatic imine (C=N–C) groups is 1. The molecule has 0 radical (unpaired) electrons. The minimum Gasteiger partial charge on any atom is -0.406 e. The molecule has 0 amide bonds. The van der Waals surface area contributed by atoms with Crippen LogP contribution in [0.5, 0.6) is 5.75 Å². The first-order chi connectivity index (χ1) is 11.7. The van der Waals surface area contributed by atoms with Gasteiger partial charge in [0.1, 0.15) is 5.75 Å². The Bertz CT molecular complexity index is 568. The average molecular weight is 359 g/mol. The second-order valence-electron chi connectivity index (χ2n) is 6.11. The summed E-state index contributed by atoms with van der Waals surface area (Å²) in [6, 6.07) is 5.61. The van der Waals surface area contributed by atoms with E-state index in [-0.39, 0.29) is 17.8 Å². The highest BCUT2D eigenvalue weighted by Crippen LogP contribution is 2.23. The molecular weight excluding hydrogens is 335 g/mol. The fraction of sp³-hybridized carbons (Fsp3) is 0.562. The van der Waals surface area contributed by atoms with Crippen LogP contribution in [0.2, 0.25) is 0 Å². The topological polar surface area (TPSA) is 66.1 Å². The number of anilines is 1. The van der Waals surface area contributed by atoms with Gasteiger partial charge in [0.15, 0.2) is 5.96 Å². The molecule has 1 heterocycles. The number of nitrogens with zero attached hydrogens (tertiary/aromatic N) is 3. The van der Waals surface area contributed by atoms with E-state index in [0.29, 0.717) is 12.2 Å². The summed E-state index contributed by atoms with van der Waals surface area (Å²) in [6.45, 7) is 6.73. The van der Waals surface area contributed by atoms with Crippen LogP contribution in [0.1, 0.15) is 6.92 Å². The molecule has 1 aliphatic heterocycles. The molecule has 25 heavy (non-hydrogen) atoms. The summed E-state index contributed by atoms with van der Waals surface area (Å²) in [5.41, 5.74) is 6.39. The van der Waals surface area contributed by atoms with E-state index in [1.807, 2.05) is 0 Å². The number of piperazine rings is 1. The van der Waals surface area contributed by atoms with Crippen molar-refractivity contribution in [3.8, 4) is 5.75 Å². The van der Waals surface area contributed by atoms with Crippen LogP contribution in [0.15, 0.2) is 29.3 Å². The number of hydrogen-bond donors (Lipinski definition) is 2. The van der Waals surface area contributed by atoms with Gasteiger partial charge in [-0.15, -0.1) is 13.2 Å². The number of likely N-dealkylation sites (N-methyl/N-ethyl adjacent to an activating group) is 1. The number of alkyl halides is 3. The third-order valence-electron chi connectivity index (χ3n) is 4.05. The Labute approximate surface area is 145 Å². The van der Waals surface area contributed by atoms with Gasteiger partial charge in [-0.25, -0.2) is 0 Å². The molecule has 1 aromatic carbocycles. The zero-order valence-electron chi connectivity index (χ0n) is 14.4. The summed E-state index contributed by atoms with van der Waals surface area (Å²) < 4.78 is 40.2. The maximum atomic E-state index is 12.1. The summed E-state index contributed by atoms with van der Waals surface area (Å²) in [6.07, 6.45) is -4.70. The van der Waals surface area contributed by atoms with Crippen molar-refractivity contribution in [3.63, 3.8) is 0 Å². The number of halogens is 3. The van der Waals surface area contributed by atoms with E-state index >= 15 is 0 Å². The molecule has 1 unspecified atom stereocenters. The Morgan fingerprint density at radius 2 is 1.84 bits per heavy atom. The second-order valence-corrected chi connectivity index (χ2v) is 6.11. The molecular formula is C16H24F3N5O. The summed E-state index contributed by atoms with van der Waals surface area (Å²) in [7, 11) is 2.10. The van der Waals surface area contributed by atoms with Gasteiger partial charge in [0.2, 0.25) is 0 Å². The maximum Gasteiger partial charge on any atom is 0.573 e. The monoisotopic (exact) mass is 359 g/mol. The van der Waals surface area contributed by atoms with Gasteiger partial charge in [0, 0.05) is 37.9 Å². The van der Waals surface area contributed by atoms with Crippen LogP contribution >= 0.6 is 0 Å². The van der Waals surface area contributed by atoms with Gasteiger partial charge in [-0.1, -0.05) is 0 Å². The van der Waals surface area contributed by atoms with Crippen molar-refractivity contribution in [2.45, 2.75) is 19.3 Å². The lowest BCUT2D eigenvalue weighted by Crippen LogP contribution is -2.49. The van der Waals surface area contributed by atoms with Gasteiger partial charge < -0.3 is 20.7 Å². The number of guanidine groups is 1. The molecule has 1 saturated heterocycles. The van der Waals surface area contributed by atoms with Crippen LogP contribution in [0.25, 0.3) is 0 Å². The molecule has 0 aliphatic carbocycles. The quantitative estimate of drug-likeness (QED) is 0.621. The molecule has 3 N–H and O–H groups in total. The summed E-state index contributed by atoms with van der Waals surface area (Å²) >= 11 is 0. The summed E-state index contributed by atoms with van der Waals surface area (Å²) in [5.74, 6) is -0.0530. The van der Waals surface area contributed by atoms with Crippen molar-refractivity contribution in [1.29, 1.82) is 0 Å². The Hall–Kier alpha value is -2.00. The molecule has 1 aliphatic rings. The highest BCUT2D eigenvalue weighted by Gasteiger charge is 2.30. The molecule has 0 bridgehead atoms. The van der Waals surface area contributed by atoms with Crippen LogP contribution in [0.4, 0.5) is 18.9 Å². The Kier molecular flexibility index (Phi) is 6.49. The SMILES string of the molecule is CC(CN=C(N)Nc1ccc(OC(F)(F)F)cc1)N1CCN(C)CC1. The van der Waals surface area contributed by atoms with Gasteiger partial charge in [-0.3, -0.25) is 9.89 Å². The minimum absolute atomic E-state index is 0.227. The normalized spacial score (nSPS) is 18.8. The van der Waals surface area contributed by atoms with E-state index in [1.54, 1.807) is 0 Å². The van der Waals surface area contributed by atoms with Crippen molar-refractivity contribution >= 4 is 11.6 Å². The predicted molar refractivity (Wildman–Crippen MR) is 91.8 cm³/mol. The molecule has 2 rings (SSSR count). The van der Waals surface area contributed by atoms with Gasteiger partial charge in [0.25, 0.3) is 0 Å². The lowest BCUT2D eigenvalue weighted by atomic mass is 10.2. The molecule has 0 aromatic heterocycles. The summed E-state index contributed by atoms with van der Waals surface area (Å²) in [4.78, 5) is 8.96. The van der Waals surface area contributed by atoms with Crippen molar-refractivity contribution in [2.24, 2.45) is 10.7 Å². The van der Waals surface area contributed by atoms with Crippen LogP contribution in [0.3, 0.4) is 0 Å². The lowest BCUT2D eigenvalue weighted by Gasteiger charge is -2.35. The zero-order valence-corrected chi connectivity index (χ0v) is 14.4. The lowest BCUT2D eigenvalue weighted by molar-refractivity contribution is -0.274. The molecule has 9 heteroatoms. The standard InChI is InChI=1S/C16H24F3N5O/c1-12(24-9-7-23(2)8-10-24)11-21-15(20)22-13-3-5-14(6-4-13)25-16(17,18)19/h3-6,12H,7-11H2,1-2H3,(H3,20,21,22). The fourth-order valence-corrected chi connectivity index (χ4v) is 2.54. The number of benzene rings is 1.